The number of carbonyl (C=O) groups is 2. The number of rotatable bonds is 75. The van der Waals surface area contributed by atoms with Crippen LogP contribution >= 0.6 is 0 Å². The lowest BCUT2D eigenvalue weighted by molar-refractivity contribution is -0.143. The highest BCUT2D eigenvalue weighted by Gasteiger charge is 2.18. The smallest absolute Gasteiger partial charge is 0.305 e. The van der Waals surface area contributed by atoms with Crippen molar-refractivity contribution in [2.75, 3.05) is 13.2 Å². The Hall–Kier alpha value is -1.92. The van der Waals surface area contributed by atoms with Crippen LogP contribution in [0.2, 0.25) is 0 Å². The SMILES string of the molecule is CCCCCCCCCCCCCCCCCCC/C=C/C(O)C(CO)NC(=O)CCCCCCCCCCCCCCCCCCC/C=C\C/C=C\CCCCCCCCCCCCCOC(=O)CCCCCCCCCCCCCCCCCC. The first-order valence-corrected chi connectivity index (χ1v) is 39.8. The molecule has 0 aliphatic rings. The number of ether oxygens (including phenoxy) is 1. The summed E-state index contributed by atoms with van der Waals surface area (Å²) >= 11 is 0. The van der Waals surface area contributed by atoms with Gasteiger partial charge in [-0.3, -0.25) is 9.59 Å². The minimum absolute atomic E-state index is 0.0208. The number of nitrogens with one attached hydrogen (secondary N) is 1. The second-order valence-electron chi connectivity index (χ2n) is 27.4. The summed E-state index contributed by atoms with van der Waals surface area (Å²) in [5, 5.41) is 23.3. The summed E-state index contributed by atoms with van der Waals surface area (Å²) in [7, 11) is 0. The Balaban J connectivity index is 3.38. The fourth-order valence-electron chi connectivity index (χ4n) is 12.6. The molecule has 6 nitrogen and oxygen atoms in total. The van der Waals surface area contributed by atoms with E-state index in [1.165, 1.54) is 372 Å². The zero-order chi connectivity index (χ0) is 62.8. The van der Waals surface area contributed by atoms with E-state index in [0.29, 0.717) is 19.4 Å². The van der Waals surface area contributed by atoms with Gasteiger partial charge in [-0.2, -0.15) is 0 Å². The van der Waals surface area contributed by atoms with Crippen LogP contribution in [0, 0.1) is 0 Å². The standard InChI is InChI=1S/C81H155NO5/c1-3-5-7-9-11-13-15-17-19-21-39-42-45-49-53-57-61-65-69-73-79(84)78(77-83)82-80(85)74-70-66-62-58-54-50-46-43-40-37-35-33-31-29-27-25-23-22-24-26-28-30-32-34-36-38-41-44-48-52-56-60-64-68-72-76-87-81(86)75-71-67-63-59-55-51-47-20-18-16-14-12-10-8-6-4-2/h24,26,30,32,69,73,78-79,83-84H,3-23,25,27-29,31,33-68,70-72,74-77H2,1-2H3,(H,82,85)/b26-24-,32-30-,73-69+. The molecule has 0 rings (SSSR count). The van der Waals surface area contributed by atoms with Gasteiger partial charge in [-0.05, 0) is 64.2 Å². The molecule has 0 aromatic carbocycles. The van der Waals surface area contributed by atoms with Gasteiger partial charge in [0.2, 0.25) is 5.91 Å². The van der Waals surface area contributed by atoms with Crippen LogP contribution in [0.25, 0.3) is 0 Å². The highest BCUT2D eigenvalue weighted by atomic mass is 16.5. The second kappa shape index (κ2) is 76.5. The summed E-state index contributed by atoms with van der Waals surface area (Å²) in [6, 6.07) is -0.627. The lowest BCUT2D eigenvalue weighted by Crippen LogP contribution is -2.45. The van der Waals surface area contributed by atoms with Gasteiger partial charge < -0.3 is 20.3 Å². The molecule has 1 amide bonds. The first-order chi connectivity index (χ1) is 43.0. The third kappa shape index (κ3) is 73.0. The fraction of sp³-hybridized carbons (Fsp3) is 0.901. The Morgan fingerprint density at radius 2 is 0.575 bits per heavy atom. The number of esters is 1. The van der Waals surface area contributed by atoms with Crippen molar-refractivity contribution in [3.63, 3.8) is 0 Å². The molecule has 6 heteroatoms. The molecule has 2 unspecified atom stereocenters. The molecule has 0 spiro atoms. The van der Waals surface area contributed by atoms with E-state index < -0.39 is 12.1 Å². The molecule has 0 saturated heterocycles. The van der Waals surface area contributed by atoms with Crippen LogP contribution in [0.5, 0.6) is 0 Å². The maximum Gasteiger partial charge on any atom is 0.305 e. The maximum absolute atomic E-state index is 12.5. The van der Waals surface area contributed by atoms with Crippen LogP contribution in [-0.2, 0) is 14.3 Å². The number of unbranched alkanes of at least 4 members (excludes halogenated alkanes) is 60. The van der Waals surface area contributed by atoms with Crippen molar-refractivity contribution in [2.45, 2.75) is 456 Å². The molecule has 514 valence electrons. The average molecular weight is 1220 g/mol. The summed E-state index contributed by atoms with van der Waals surface area (Å²) in [4.78, 5) is 24.6. The molecule has 0 radical (unpaired) electrons. The Bertz CT molecular complexity index is 1410. The van der Waals surface area contributed by atoms with Crippen LogP contribution in [0.1, 0.15) is 444 Å². The first kappa shape index (κ1) is 85.1. The van der Waals surface area contributed by atoms with Gasteiger partial charge in [0.05, 0.1) is 25.4 Å². The zero-order valence-corrected chi connectivity index (χ0v) is 59.0. The lowest BCUT2D eigenvalue weighted by atomic mass is 10.0. The molecule has 0 fully saturated rings. The van der Waals surface area contributed by atoms with E-state index in [-0.39, 0.29) is 18.5 Å². The topological polar surface area (TPSA) is 95.9 Å². The molecule has 0 aliphatic heterocycles. The highest BCUT2D eigenvalue weighted by Crippen LogP contribution is 2.20. The molecule has 0 saturated carbocycles. The van der Waals surface area contributed by atoms with E-state index in [4.69, 9.17) is 4.74 Å². The molecule has 0 aliphatic carbocycles. The van der Waals surface area contributed by atoms with Crippen molar-refractivity contribution in [1.29, 1.82) is 0 Å². The molecule has 0 bridgehead atoms. The number of aliphatic hydroxyl groups is 2. The largest absolute Gasteiger partial charge is 0.466 e. The van der Waals surface area contributed by atoms with Gasteiger partial charge >= 0.3 is 5.97 Å². The average Bonchev–Trinajstić information content (AvgIpc) is 3.53. The Kier molecular flexibility index (Phi) is 74.8. The van der Waals surface area contributed by atoms with E-state index in [2.05, 4.69) is 43.5 Å². The van der Waals surface area contributed by atoms with Crippen LogP contribution in [0.3, 0.4) is 0 Å². The van der Waals surface area contributed by atoms with Gasteiger partial charge in [0.25, 0.3) is 0 Å². The molecular weight excluding hydrogens is 1070 g/mol. The number of aliphatic hydroxyl groups excluding tert-OH is 2. The van der Waals surface area contributed by atoms with Gasteiger partial charge in [0.1, 0.15) is 0 Å². The molecular formula is C81H155NO5. The number of amides is 1. The molecule has 2 atom stereocenters. The third-order valence-electron chi connectivity index (χ3n) is 18.7. The van der Waals surface area contributed by atoms with E-state index >= 15 is 0 Å². The van der Waals surface area contributed by atoms with Crippen molar-refractivity contribution in [2.24, 2.45) is 0 Å². The van der Waals surface area contributed by atoms with Crippen LogP contribution in [0.4, 0.5) is 0 Å². The number of allylic oxidation sites excluding steroid dienone is 5. The van der Waals surface area contributed by atoms with Gasteiger partial charge in [-0.1, -0.05) is 403 Å². The summed E-state index contributed by atoms with van der Waals surface area (Å²) in [6.07, 6.45) is 99.8. The first-order valence-electron chi connectivity index (χ1n) is 39.8. The quantitative estimate of drug-likeness (QED) is 0.0320. The maximum atomic E-state index is 12.5. The lowest BCUT2D eigenvalue weighted by Gasteiger charge is -2.20. The fourth-order valence-corrected chi connectivity index (χ4v) is 12.6. The highest BCUT2D eigenvalue weighted by molar-refractivity contribution is 5.76. The monoisotopic (exact) mass is 1220 g/mol. The molecule has 0 heterocycles. The Labute approximate surface area is 544 Å². The number of carbonyl (C=O) groups excluding carboxylic acids is 2. The number of hydrogen-bond donors (Lipinski definition) is 3. The van der Waals surface area contributed by atoms with Crippen molar-refractivity contribution < 1.29 is 24.5 Å². The van der Waals surface area contributed by atoms with E-state index in [9.17, 15) is 19.8 Å². The van der Waals surface area contributed by atoms with Crippen LogP contribution in [0.15, 0.2) is 36.5 Å². The Morgan fingerprint density at radius 3 is 0.874 bits per heavy atom. The van der Waals surface area contributed by atoms with Gasteiger partial charge in [-0.15, -0.1) is 0 Å². The van der Waals surface area contributed by atoms with E-state index in [0.717, 1.165) is 44.9 Å². The van der Waals surface area contributed by atoms with Gasteiger partial charge in [0, 0.05) is 12.8 Å². The normalized spacial score (nSPS) is 12.6. The second-order valence-corrected chi connectivity index (χ2v) is 27.4. The summed E-state index contributed by atoms with van der Waals surface area (Å²) in [6.45, 7) is 4.95. The van der Waals surface area contributed by atoms with Crippen molar-refractivity contribution in [1.82, 2.24) is 5.32 Å². The van der Waals surface area contributed by atoms with Gasteiger partial charge in [0.15, 0.2) is 0 Å². The minimum Gasteiger partial charge on any atom is -0.466 e. The van der Waals surface area contributed by atoms with Crippen molar-refractivity contribution in [3.8, 4) is 0 Å². The van der Waals surface area contributed by atoms with Crippen LogP contribution in [-0.4, -0.2) is 47.4 Å². The summed E-state index contributed by atoms with van der Waals surface area (Å²) in [5.74, 6) is -0.0409. The summed E-state index contributed by atoms with van der Waals surface area (Å²) < 4.78 is 5.51. The van der Waals surface area contributed by atoms with Crippen LogP contribution < -0.4 is 5.32 Å². The van der Waals surface area contributed by atoms with Crippen molar-refractivity contribution in [3.05, 3.63) is 36.5 Å². The van der Waals surface area contributed by atoms with Crippen molar-refractivity contribution >= 4 is 11.9 Å². The Morgan fingerprint density at radius 1 is 0.322 bits per heavy atom. The predicted molar refractivity (Wildman–Crippen MR) is 384 cm³/mol. The zero-order valence-electron chi connectivity index (χ0n) is 59.0. The van der Waals surface area contributed by atoms with Gasteiger partial charge in [-0.25, -0.2) is 0 Å². The molecule has 3 N–H and O–H groups in total. The number of hydrogen-bond acceptors (Lipinski definition) is 5. The van der Waals surface area contributed by atoms with E-state index in [1.807, 2.05) is 6.08 Å². The molecule has 87 heavy (non-hydrogen) atoms. The molecule has 0 aromatic rings. The minimum atomic E-state index is -0.844. The molecule has 0 aromatic heterocycles. The third-order valence-corrected chi connectivity index (χ3v) is 18.7. The predicted octanol–water partition coefficient (Wildman–Crippen LogP) is 26.2. The summed E-state index contributed by atoms with van der Waals surface area (Å²) in [5.41, 5.74) is 0. The van der Waals surface area contributed by atoms with E-state index in [1.54, 1.807) is 6.08 Å².